The highest BCUT2D eigenvalue weighted by Gasteiger charge is 2.23. The van der Waals surface area contributed by atoms with Gasteiger partial charge < -0.3 is 4.84 Å². The molecule has 0 amide bonds. The van der Waals surface area contributed by atoms with Crippen molar-refractivity contribution in [3.8, 4) is 6.07 Å². The molecule has 1 fully saturated rings. The van der Waals surface area contributed by atoms with Gasteiger partial charge in [-0.3, -0.25) is 0 Å². The molecule has 3 heteroatoms. The van der Waals surface area contributed by atoms with Crippen molar-refractivity contribution in [2.75, 3.05) is 0 Å². The fraction of sp³-hybridized carbons (Fsp3) is 0.500. The van der Waals surface area contributed by atoms with Gasteiger partial charge in [0.2, 0.25) is 0 Å². The molecule has 2 atom stereocenters. The summed E-state index contributed by atoms with van der Waals surface area (Å²) in [4.78, 5) is 5.41. The minimum Gasteiger partial charge on any atom is -0.391 e. The maximum Gasteiger partial charge on any atom is 0.142 e. The number of benzene rings is 1. The van der Waals surface area contributed by atoms with Crippen LogP contribution in [0, 0.1) is 23.2 Å². The molecule has 0 spiro atoms. The van der Waals surface area contributed by atoms with E-state index in [1.165, 1.54) is 0 Å². The summed E-state index contributed by atoms with van der Waals surface area (Å²) < 4.78 is 0. The Hall–Kier alpha value is -1.82. The lowest BCUT2D eigenvalue weighted by molar-refractivity contribution is 0.127. The lowest BCUT2D eigenvalue weighted by Crippen LogP contribution is -2.20. The first-order valence-electron chi connectivity index (χ1n) is 6.89. The summed E-state index contributed by atoms with van der Waals surface area (Å²) in [6, 6.07) is 12.4. The Labute approximate surface area is 114 Å². The lowest BCUT2D eigenvalue weighted by atomic mass is 9.80. The van der Waals surface area contributed by atoms with Crippen LogP contribution in [0.2, 0.25) is 0 Å². The Morgan fingerprint density at radius 3 is 2.89 bits per heavy atom. The van der Waals surface area contributed by atoms with Gasteiger partial charge in [0.15, 0.2) is 0 Å². The second-order valence-corrected chi connectivity index (χ2v) is 5.18. The van der Waals surface area contributed by atoms with E-state index in [2.05, 4.69) is 11.2 Å². The van der Waals surface area contributed by atoms with E-state index >= 15 is 0 Å². The maximum atomic E-state index is 8.99. The third kappa shape index (κ3) is 4.10. The molecule has 0 aromatic heterocycles. The predicted octanol–water partition coefficient (Wildman–Crippen LogP) is 3.91. The normalized spacial score (nSPS) is 23.7. The monoisotopic (exact) mass is 256 g/mol. The first-order chi connectivity index (χ1) is 9.29. The van der Waals surface area contributed by atoms with Gasteiger partial charge in [-0.1, -0.05) is 41.9 Å². The molecule has 0 saturated heterocycles. The molecule has 2 unspecified atom stereocenters. The van der Waals surface area contributed by atoms with Crippen LogP contribution in [-0.2, 0) is 11.4 Å². The lowest BCUT2D eigenvalue weighted by Gasteiger charge is -2.24. The zero-order valence-electron chi connectivity index (χ0n) is 11.4. The molecule has 1 saturated carbocycles. The summed E-state index contributed by atoms with van der Waals surface area (Å²) in [5, 5.41) is 13.2. The van der Waals surface area contributed by atoms with Gasteiger partial charge in [0.25, 0.3) is 0 Å². The topological polar surface area (TPSA) is 45.4 Å². The summed E-state index contributed by atoms with van der Waals surface area (Å²) >= 11 is 0. The molecule has 1 aromatic rings. The van der Waals surface area contributed by atoms with E-state index in [-0.39, 0.29) is 5.92 Å². The van der Waals surface area contributed by atoms with Crippen molar-refractivity contribution in [2.24, 2.45) is 17.0 Å². The van der Waals surface area contributed by atoms with Crippen molar-refractivity contribution in [3.05, 3.63) is 35.9 Å². The molecule has 100 valence electrons. The zero-order valence-corrected chi connectivity index (χ0v) is 11.4. The molecular weight excluding hydrogens is 236 g/mol. The third-order valence-electron chi connectivity index (χ3n) is 3.73. The fourth-order valence-corrected chi connectivity index (χ4v) is 2.54. The van der Waals surface area contributed by atoms with E-state index in [4.69, 9.17) is 10.1 Å². The Balaban J connectivity index is 1.84. The molecule has 0 bridgehead atoms. The van der Waals surface area contributed by atoms with Crippen LogP contribution < -0.4 is 0 Å². The maximum absolute atomic E-state index is 8.99. The largest absolute Gasteiger partial charge is 0.391 e. The molecule has 0 aliphatic heterocycles. The van der Waals surface area contributed by atoms with Gasteiger partial charge in [0, 0.05) is 11.8 Å². The van der Waals surface area contributed by atoms with E-state index in [0.29, 0.717) is 12.5 Å². The number of oxime groups is 1. The van der Waals surface area contributed by atoms with Crippen molar-refractivity contribution in [1.82, 2.24) is 0 Å². The van der Waals surface area contributed by atoms with Crippen LogP contribution in [0.3, 0.4) is 0 Å². The van der Waals surface area contributed by atoms with Gasteiger partial charge in [-0.25, -0.2) is 0 Å². The molecule has 0 heterocycles. The zero-order chi connectivity index (χ0) is 13.5. The van der Waals surface area contributed by atoms with Crippen LogP contribution >= 0.6 is 0 Å². The molecule has 1 aliphatic rings. The molecule has 19 heavy (non-hydrogen) atoms. The quantitative estimate of drug-likeness (QED) is 0.605. The van der Waals surface area contributed by atoms with Crippen LogP contribution in [0.5, 0.6) is 0 Å². The predicted molar refractivity (Wildman–Crippen MR) is 75.4 cm³/mol. The molecule has 3 nitrogen and oxygen atoms in total. The van der Waals surface area contributed by atoms with Gasteiger partial charge in [0.05, 0.1) is 11.8 Å². The summed E-state index contributed by atoms with van der Waals surface area (Å²) in [6.45, 7) is 2.52. The first-order valence-corrected chi connectivity index (χ1v) is 6.89. The summed E-state index contributed by atoms with van der Waals surface area (Å²) in [7, 11) is 0. The Morgan fingerprint density at radius 2 is 2.16 bits per heavy atom. The highest BCUT2D eigenvalue weighted by atomic mass is 16.6. The number of nitriles is 1. The number of hydrogen-bond acceptors (Lipinski definition) is 3. The standard InChI is InChI=1S/C16H20N2O/c1-13(16-9-5-8-15(10-16)11-17)18-19-12-14-6-3-2-4-7-14/h2-4,6-7,15-16H,5,8-10,12H2,1H3/b18-13+. The van der Waals surface area contributed by atoms with Crippen molar-refractivity contribution >= 4 is 5.71 Å². The van der Waals surface area contributed by atoms with Crippen LogP contribution in [0.1, 0.15) is 38.2 Å². The highest BCUT2D eigenvalue weighted by molar-refractivity contribution is 5.83. The van der Waals surface area contributed by atoms with Crippen LogP contribution in [-0.4, -0.2) is 5.71 Å². The highest BCUT2D eigenvalue weighted by Crippen LogP contribution is 2.29. The van der Waals surface area contributed by atoms with Crippen LogP contribution in [0.15, 0.2) is 35.5 Å². The number of rotatable bonds is 4. The Morgan fingerprint density at radius 1 is 1.37 bits per heavy atom. The van der Waals surface area contributed by atoms with Gasteiger partial charge >= 0.3 is 0 Å². The Kier molecular flexibility index (Phi) is 4.97. The average molecular weight is 256 g/mol. The van der Waals surface area contributed by atoms with Crippen molar-refractivity contribution in [1.29, 1.82) is 5.26 Å². The minimum atomic E-state index is 0.193. The fourth-order valence-electron chi connectivity index (χ4n) is 2.54. The summed E-state index contributed by atoms with van der Waals surface area (Å²) in [6.07, 6.45) is 4.21. The molecule has 1 aromatic carbocycles. The van der Waals surface area contributed by atoms with E-state index < -0.39 is 0 Å². The van der Waals surface area contributed by atoms with Crippen LogP contribution in [0.25, 0.3) is 0 Å². The van der Waals surface area contributed by atoms with Crippen molar-refractivity contribution in [2.45, 2.75) is 39.2 Å². The second-order valence-electron chi connectivity index (χ2n) is 5.18. The van der Waals surface area contributed by atoms with E-state index in [9.17, 15) is 0 Å². The van der Waals surface area contributed by atoms with Crippen molar-refractivity contribution < 1.29 is 4.84 Å². The average Bonchev–Trinajstić information content (AvgIpc) is 2.48. The minimum absolute atomic E-state index is 0.193. The Bertz CT molecular complexity index is 461. The molecule has 0 radical (unpaired) electrons. The first kappa shape index (κ1) is 13.6. The van der Waals surface area contributed by atoms with Gasteiger partial charge in [-0.05, 0) is 31.7 Å². The van der Waals surface area contributed by atoms with Gasteiger partial charge in [-0.2, -0.15) is 5.26 Å². The summed E-state index contributed by atoms with van der Waals surface area (Å²) in [5.74, 6) is 0.604. The van der Waals surface area contributed by atoms with E-state index in [1.807, 2.05) is 37.3 Å². The van der Waals surface area contributed by atoms with Gasteiger partial charge in [0.1, 0.15) is 6.61 Å². The molecular formula is C16H20N2O. The molecule has 2 rings (SSSR count). The molecule has 0 N–H and O–H groups in total. The third-order valence-corrected chi connectivity index (χ3v) is 3.73. The second kappa shape index (κ2) is 6.94. The summed E-state index contributed by atoms with van der Waals surface area (Å²) in [5.41, 5.74) is 2.15. The van der Waals surface area contributed by atoms with Gasteiger partial charge in [-0.15, -0.1) is 0 Å². The SMILES string of the molecule is C/C(=N\OCc1ccccc1)C1CCCC(C#N)C1. The molecule has 1 aliphatic carbocycles. The van der Waals surface area contributed by atoms with Crippen LogP contribution in [0.4, 0.5) is 0 Å². The van der Waals surface area contributed by atoms with Crippen molar-refractivity contribution in [3.63, 3.8) is 0 Å². The van der Waals surface area contributed by atoms with E-state index in [0.717, 1.165) is 37.0 Å². The number of nitrogens with zero attached hydrogens (tertiary/aromatic N) is 2. The van der Waals surface area contributed by atoms with E-state index in [1.54, 1.807) is 0 Å². The smallest absolute Gasteiger partial charge is 0.142 e. The number of hydrogen-bond donors (Lipinski definition) is 0.